The largest absolute Gasteiger partial charge is 0.370 e. The van der Waals surface area contributed by atoms with Crippen LogP contribution >= 0.6 is 0 Å². The van der Waals surface area contributed by atoms with E-state index in [1.165, 1.54) is 38.5 Å². The molecule has 3 heteroatoms. The van der Waals surface area contributed by atoms with E-state index < -0.39 is 8.80 Å². The minimum atomic E-state index is -0.477. The lowest BCUT2D eigenvalue weighted by atomic mass is 9.90. The molecule has 4 fully saturated rings. The van der Waals surface area contributed by atoms with Gasteiger partial charge in [-0.2, -0.15) is 0 Å². The van der Waals surface area contributed by atoms with Crippen LogP contribution in [0.4, 0.5) is 0 Å². The van der Waals surface area contributed by atoms with E-state index in [9.17, 15) is 0 Å². The van der Waals surface area contributed by atoms with Crippen molar-refractivity contribution in [1.29, 1.82) is 0 Å². The van der Waals surface area contributed by atoms with Gasteiger partial charge in [-0.25, -0.2) is 0 Å². The normalized spacial score (nSPS) is 51.2. The van der Waals surface area contributed by atoms with Gasteiger partial charge in [0.1, 0.15) is 0 Å². The number of rotatable bonds is 4. The first-order valence-corrected chi connectivity index (χ1v) is 10.9. The molecule has 2 saturated heterocycles. The van der Waals surface area contributed by atoms with Gasteiger partial charge in [0.05, 0.1) is 24.4 Å². The number of ether oxygens (including phenoxy) is 2. The van der Waals surface area contributed by atoms with Gasteiger partial charge in [0.2, 0.25) is 0 Å². The number of fused-ring (bicyclic) bond motifs is 2. The quantitative estimate of drug-likeness (QED) is 0.577. The maximum atomic E-state index is 5.66. The topological polar surface area (TPSA) is 25.1 Å². The van der Waals surface area contributed by atoms with Gasteiger partial charge in [-0.3, -0.25) is 0 Å². The lowest BCUT2D eigenvalue weighted by molar-refractivity contribution is 0.365. The Morgan fingerprint density at radius 2 is 1.28 bits per heavy atom. The first kappa shape index (κ1) is 11.9. The summed E-state index contributed by atoms with van der Waals surface area (Å²) >= 11 is 0. The van der Waals surface area contributed by atoms with Crippen LogP contribution in [-0.4, -0.2) is 33.2 Å². The van der Waals surface area contributed by atoms with Crippen LogP contribution in [0.2, 0.25) is 18.6 Å². The van der Waals surface area contributed by atoms with Gasteiger partial charge in [-0.15, -0.1) is 0 Å². The highest BCUT2D eigenvalue weighted by Gasteiger charge is 2.45. The Labute approximate surface area is 112 Å². The van der Waals surface area contributed by atoms with Crippen molar-refractivity contribution in [1.82, 2.24) is 0 Å². The van der Waals surface area contributed by atoms with Crippen LogP contribution in [0.1, 0.15) is 38.5 Å². The van der Waals surface area contributed by atoms with Crippen LogP contribution in [0.5, 0.6) is 0 Å². The van der Waals surface area contributed by atoms with E-state index in [-0.39, 0.29) is 0 Å². The standard InChI is InChI=1S/C15H26O2Si/c1-18(8-10-2-4-12-14(6-10)16-12)9-11-3-5-13-15(7-11)17-13/h10-15,18H,2-9H2,1H3. The van der Waals surface area contributed by atoms with Crippen LogP contribution in [0, 0.1) is 11.8 Å². The maximum Gasteiger partial charge on any atom is 0.0844 e. The van der Waals surface area contributed by atoms with E-state index in [1.54, 1.807) is 12.1 Å². The molecule has 2 heterocycles. The van der Waals surface area contributed by atoms with Crippen LogP contribution in [0.25, 0.3) is 0 Å². The maximum absolute atomic E-state index is 5.66. The fraction of sp³-hybridized carbons (Fsp3) is 1.00. The second kappa shape index (κ2) is 4.60. The van der Waals surface area contributed by atoms with E-state index in [1.807, 2.05) is 0 Å². The predicted octanol–water partition coefficient (Wildman–Crippen LogP) is 2.98. The molecule has 0 amide bonds. The zero-order chi connectivity index (χ0) is 12.1. The minimum Gasteiger partial charge on any atom is -0.370 e. The molecule has 0 aromatic heterocycles. The first-order valence-electron chi connectivity index (χ1n) is 8.09. The monoisotopic (exact) mass is 266 g/mol. The summed E-state index contributed by atoms with van der Waals surface area (Å²) in [5.41, 5.74) is 0. The zero-order valence-electron chi connectivity index (χ0n) is 11.5. The third kappa shape index (κ3) is 2.54. The Morgan fingerprint density at radius 1 is 0.778 bits per heavy atom. The van der Waals surface area contributed by atoms with Crippen molar-refractivity contribution in [3.63, 3.8) is 0 Å². The SMILES string of the molecule is C[SiH](CC1CCC2OC2C1)CC1CCC2OC2C1. The summed E-state index contributed by atoms with van der Waals surface area (Å²) in [7, 11) is -0.477. The molecule has 18 heavy (non-hydrogen) atoms. The number of epoxide rings is 2. The summed E-state index contributed by atoms with van der Waals surface area (Å²) in [6, 6.07) is 3.16. The average Bonchev–Trinajstić information content (AvgIpc) is 3.22. The zero-order valence-corrected chi connectivity index (χ0v) is 12.7. The van der Waals surface area contributed by atoms with Gasteiger partial charge >= 0.3 is 0 Å². The van der Waals surface area contributed by atoms with Crippen molar-refractivity contribution < 1.29 is 9.47 Å². The first-order chi connectivity index (χ1) is 8.78. The highest BCUT2D eigenvalue weighted by Crippen LogP contribution is 2.43. The Balaban J connectivity index is 1.21. The fourth-order valence-electron chi connectivity index (χ4n) is 4.64. The lowest BCUT2D eigenvalue weighted by Gasteiger charge is -2.26. The molecular formula is C15H26O2Si. The molecule has 2 saturated carbocycles. The Morgan fingerprint density at radius 3 is 1.72 bits per heavy atom. The van der Waals surface area contributed by atoms with E-state index in [4.69, 9.17) is 9.47 Å². The highest BCUT2D eigenvalue weighted by molar-refractivity contribution is 6.57. The van der Waals surface area contributed by atoms with Gasteiger partial charge in [0.15, 0.2) is 0 Å². The molecule has 2 nitrogen and oxygen atoms in total. The van der Waals surface area contributed by atoms with Crippen molar-refractivity contribution in [3.8, 4) is 0 Å². The Hall–Kier alpha value is 0.137. The van der Waals surface area contributed by atoms with Crippen molar-refractivity contribution in [2.75, 3.05) is 0 Å². The van der Waals surface area contributed by atoms with Gasteiger partial charge in [0, 0.05) is 8.80 Å². The summed E-state index contributed by atoms with van der Waals surface area (Å²) < 4.78 is 11.3. The number of hydrogen-bond acceptors (Lipinski definition) is 2. The minimum absolute atomic E-state index is 0.477. The summed E-state index contributed by atoms with van der Waals surface area (Å²) in [4.78, 5) is 0. The second-order valence-electron chi connectivity index (χ2n) is 7.36. The predicted molar refractivity (Wildman–Crippen MR) is 74.6 cm³/mol. The molecule has 6 unspecified atom stereocenters. The molecule has 6 atom stereocenters. The van der Waals surface area contributed by atoms with E-state index in [0.717, 1.165) is 11.8 Å². The second-order valence-corrected chi connectivity index (χ2v) is 10.5. The van der Waals surface area contributed by atoms with Crippen molar-refractivity contribution >= 4 is 8.80 Å². The highest BCUT2D eigenvalue weighted by atomic mass is 28.3. The van der Waals surface area contributed by atoms with E-state index in [2.05, 4.69) is 6.55 Å². The van der Waals surface area contributed by atoms with E-state index >= 15 is 0 Å². The van der Waals surface area contributed by atoms with Crippen LogP contribution < -0.4 is 0 Å². The van der Waals surface area contributed by atoms with Crippen molar-refractivity contribution in [3.05, 3.63) is 0 Å². The van der Waals surface area contributed by atoms with Crippen LogP contribution in [0.15, 0.2) is 0 Å². The molecular weight excluding hydrogens is 240 g/mol. The molecule has 0 N–H and O–H groups in total. The van der Waals surface area contributed by atoms with Crippen LogP contribution in [0.3, 0.4) is 0 Å². The number of hydrogen-bond donors (Lipinski definition) is 0. The van der Waals surface area contributed by atoms with E-state index in [0.29, 0.717) is 24.4 Å². The van der Waals surface area contributed by atoms with Crippen molar-refractivity contribution in [2.45, 2.75) is 81.6 Å². The van der Waals surface area contributed by atoms with Crippen LogP contribution in [-0.2, 0) is 9.47 Å². The molecule has 2 aliphatic carbocycles. The molecule has 0 bridgehead atoms. The molecule has 0 radical (unpaired) electrons. The third-order valence-corrected chi connectivity index (χ3v) is 8.64. The summed E-state index contributed by atoms with van der Waals surface area (Å²) in [5.74, 6) is 2.04. The van der Waals surface area contributed by atoms with Crippen molar-refractivity contribution in [2.24, 2.45) is 11.8 Å². The molecule has 4 rings (SSSR count). The summed E-state index contributed by atoms with van der Waals surface area (Å²) in [6.07, 6.45) is 11.1. The molecule has 0 aromatic carbocycles. The molecule has 2 aliphatic heterocycles. The summed E-state index contributed by atoms with van der Waals surface area (Å²) in [6.45, 7) is 2.61. The Bertz CT molecular complexity index is 292. The Kier molecular flexibility index (Phi) is 3.05. The third-order valence-electron chi connectivity index (χ3n) is 5.70. The van der Waals surface area contributed by atoms with Gasteiger partial charge < -0.3 is 9.47 Å². The van der Waals surface area contributed by atoms with Gasteiger partial charge in [0.25, 0.3) is 0 Å². The molecule has 102 valence electrons. The van der Waals surface area contributed by atoms with Gasteiger partial charge in [-0.1, -0.05) is 18.6 Å². The molecule has 0 aromatic rings. The van der Waals surface area contributed by atoms with Gasteiger partial charge in [-0.05, 0) is 50.4 Å². The summed E-state index contributed by atoms with van der Waals surface area (Å²) in [5, 5.41) is 0. The average molecular weight is 266 g/mol. The molecule has 0 spiro atoms. The smallest absolute Gasteiger partial charge is 0.0844 e. The lowest BCUT2D eigenvalue weighted by Crippen LogP contribution is -2.23. The molecule has 4 aliphatic rings. The fourth-order valence-corrected chi connectivity index (χ4v) is 7.96.